The summed E-state index contributed by atoms with van der Waals surface area (Å²) in [6.07, 6.45) is 3.64. The van der Waals surface area contributed by atoms with Gasteiger partial charge in [0.25, 0.3) is 0 Å². The predicted molar refractivity (Wildman–Crippen MR) is 95.1 cm³/mol. The Morgan fingerprint density at radius 2 is 1.57 bits per heavy atom. The summed E-state index contributed by atoms with van der Waals surface area (Å²) >= 11 is 5.98. The molecular formula is C19H32ClN. The first-order valence-corrected chi connectivity index (χ1v) is 8.42. The maximum absolute atomic E-state index is 5.98. The Morgan fingerprint density at radius 3 is 2.05 bits per heavy atom. The summed E-state index contributed by atoms with van der Waals surface area (Å²) in [5.41, 5.74) is 1.97. The minimum absolute atomic E-state index is 0.181. The van der Waals surface area contributed by atoms with Crippen LogP contribution in [0.2, 0.25) is 5.02 Å². The Morgan fingerprint density at radius 1 is 1.00 bits per heavy atom. The third-order valence-corrected chi connectivity index (χ3v) is 3.91. The molecule has 1 aromatic rings. The summed E-state index contributed by atoms with van der Waals surface area (Å²) < 4.78 is 0. The fraction of sp³-hybridized carbons (Fsp3) is 0.684. The molecule has 0 aliphatic heterocycles. The van der Waals surface area contributed by atoms with E-state index in [1.54, 1.807) is 0 Å². The molecule has 0 bridgehead atoms. The standard InChI is InChI=1S/C19H32ClN/c1-18(2,3)12-11-16(14-21-19(4,5)6)13-15-7-9-17(20)10-8-15/h7-10,16,21H,11-14H2,1-6H3. The lowest BCUT2D eigenvalue weighted by atomic mass is 9.84. The van der Waals surface area contributed by atoms with Crippen LogP contribution in [-0.2, 0) is 6.42 Å². The molecule has 0 fully saturated rings. The summed E-state index contributed by atoms with van der Waals surface area (Å²) in [7, 11) is 0. The third-order valence-electron chi connectivity index (χ3n) is 3.66. The Labute approximate surface area is 136 Å². The van der Waals surface area contributed by atoms with Gasteiger partial charge >= 0.3 is 0 Å². The first-order valence-electron chi connectivity index (χ1n) is 8.05. The molecule has 2 heteroatoms. The van der Waals surface area contributed by atoms with E-state index in [2.05, 4.69) is 59.0 Å². The van der Waals surface area contributed by atoms with Gasteiger partial charge in [0, 0.05) is 10.6 Å². The van der Waals surface area contributed by atoms with Crippen LogP contribution in [0.25, 0.3) is 0 Å². The lowest BCUT2D eigenvalue weighted by Gasteiger charge is -2.27. The molecule has 0 saturated heterocycles. The quantitative estimate of drug-likeness (QED) is 0.709. The highest BCUT2D eigenvalue weighted by molar-refractivity contribution is 6.30. The molecule has 0 aliphatic rings. The molecule has 21 heavy (non-hydrogen) atoms. The molecule has 1 aromatic carbocycles. The normalized spacial score (nSPS) is 14.2. The molecule has 120 valence electrons. The molecule has 0 amide bonds. The zero-order valence-corrected chi connectivity index (χ0v) is 15.3. The zero-order chi connectivity index (χ0) is 16.1. The van der Waals surface area contributed by atoms with Crippen molar-refractivity contribution in [1.82, 2.24) is 5.32 Å². The topological polar surface area (TPSA) is 12.0 Å². The first-order chi connectivity index (χ1) is 9.55. The smallest absolute Gasteiger partial charge is 0.0406 e. The van der Waals surface area contributed by atoms with E-state index in [9.17, 15) is 0 Å². The van der Waals surface area contributed by atoms with Gasteiger partial charge in [0.2, 0.25) is 0 Å². The zero-order valence-electron chi connectivity index (χ0n) is 14.6. The van der Waals surface area contributed by atoms with Crippen molar-refractivity contribution >= 4 is 11.6 Å². The van der Waals surface area contributed by atoms with Crippen molar-refractivity contribution < 1.29 is 0 Å². The van der Waals surface area contributed by atoms with Crippen LogP contribution in [0.4, 0.5) is 0 Å². The van der Waals surface area contributed by atoms with Crippen LogP contribution in [0.3, 0.4) is 0 Å². The minimum atomic E-state index is 0.181. The van der Waals surface area contributed by atoms with Crippen LogP contribution in [-0.4, -0.2) is 12.1 Å². The van der Waals surface area contributed by atoms with E-state index in [4.69, 9.17) is 11.6 Å². The van der Waals surface area contributed by atoms with Crippen LogP contribution < -0.4 is 5.32 Å². The maximum Gasteiger partial charge on any atom is 0.0406 e. The Balaban J connectivity index is 2.64. The van der Waals surface area contributed by atoms with E-state index >= 15 is 0 Å². The molecule has 1 atom stereocenters. The molecule has 1 nitrogen and oxygen atoms in total. The number of nitrogens with one attached hydrogen (secondary N) is 1. The fourth-order valence-corrected chi connectivity index (χ4v) is 2.44. The number of halogens is 1. The van der Waals surface area contributed by atoms with Crippen molar-refractivity contribution in [3.8, 4) is 0 Å². The molecule has 0 heterocycles. The molecule has 1 N–H and O–H groups in total. The van der Waals surface area contributed by atoms with Crippen molar-refractivity contribution in [2.24, 2.45) is 11.3 Å². The fourth-order valence-electron chi connectivity index (χ4n) is 2.32. The Bertz CT molecular complexity index is 391. The summed E-state index contributed by atoms with van der Waals surface area (Å²) in [6.45, 7) is 14.7. The maximum atomic E-state index is 5.98. The first kappa shape index (κ1) is 18.5. The summed E-state index contributed by atoms with van der Waals surface area (Å²) in [5.74, 6) is 0.671. The number of hydrogen-bond acceptors (Lipinski definition) is 1. The number of benzene rings is 1. The largest absolute Gasteiger partial charge is 0.312 e. The van der Waals surface area contributed by atoms with Gasteiger partial charge in [-0.3, -0.25) is 0 Å². The lowest BCUT2D eigenvalue weighted by Crippen LogP contribution is -2.39. The average molecular weight is 310 g/mol. The highest BCUT2D eigenvalue weighted by Crippen LogP contribution is 2.25. The van der Waals surface area contributed by atoms with E-state index in [0.29, 0.717) is 11.3 Å². The average Bonchev–Trinajstić information content (AvgIpc) is 2.33. The second-order valence-corrected chi connectivity index (χ2v) is 8.86. The van der Waals surface area contributed by atoms with Gasteiger partial charge in [0.1, 0.15) is 0 Å². The van der Waals surface area contributed by atoms with Crippen LogP contribution >= 0.6 is 11.6 Å². The van der Waals surface area contributed by atoms with Gasteiger partial charge in [-0.05, 0) is 75.6 Å². The summed E-state index contributed by atoms with van der Waals surface area (Å²) in [5, 5.41) is 4.48. The van der Waals surface area contributed by atoms with Gasteiger partial charge in [0.15, 0.2) is 0 Å². The number of rotatable bonds is 6. The van der Waals surface area contributed by atoms with Crippen LogP contribution in [0.5, 0.6) is 0 Å². The molecule has 1 unspecified atom stereocenters. The van der Waals surface area contributed by atoms with Crippen LogP contribution in [0, 0.1) is 11.3 Å². The van der Waals surface area contributed by atoms with Crippen molar-refractivity contribution in [1.29, 1.82) is 0 Å². The molecular weight excluding hydrogens is 278 g/mol. The molecule has 1 rings (SSSR count). The Hall–Kier alpha value is -0.530. The molecule has 0 saturated carbocycles. The van der Waals surface area contributed by atoms with Crippen molar-refractivity contribution in [3.63, 3.8) is 0 Å². The molecule has 0 spiro atoms. The van der Waals surface area contributed by atoms with Crippen LogP contribution in [0.1, 0.15) is 59.9 Å². The third kappa shape index (κ3) is 9.16. The van der Waals surface area contributed by atoms with E-state index in [1.807, 2.05) is 12.1 Å². The van der Waals surface area contributed by atoms with Crippen molar-refractivity contribution in [3.05, 3.63) is 34.9 Å². The van der Waals surface area contributed by atoms with Gasteiger partial charge in [-0.2, -0.15) is 0 Å². The highest BCUT2D eigenvalue weighted by atomic mass is 35.5. The van der Waals surface area contributed by atoms with E-state index in [-0.39, 0.29) is 5.54 Å². The van der Waals surface area contributed by atoms with Gasteiger partial charge in [-0.25, -0.2) is 0 Å². The van der Waals surface area contributed by atoms with E-state index in [1.165, 1.54) is 18.4 Å². The summed E-state index contributed by atoms with van der Waals surface area (Å²) in [4.78, 5) is 0. The molecule has 0 aromatic heterocycles. The van der Waals surface area contributed by atoms with Gasteiger partial charge in [-0.15, -0.1) is 0 Å². The summed E-state index contributed by atoms with van der Waals surface area (Å²) in [6, 6.07) is 8.30. The molecule has 0 radical (unpaired) electrons. The Kier molecular flexibility index (Phi) is 6.74. The van der Waals surface area contributed by atoms with Gasteiger partial charge in [-0.1, -0.05) is 44.5 Å². The lowest BCUT2D eigenvalue weighted by molar-refractivity contribution is 0.295. The van der Waals surface area contributed by atoms with Crippen molar-refractivity contribution in [2.45, 2.75) is 66.3 Å². The van der Waals surface area contributed by atoms with E-state index in [0.717, 1.165) is 18.0 Å². The van der Waals surface area contributed by atoms with Gasteiger partial charge < -0.3 is 5.32 Å². The second kappa shape index (κ2) is 7.65. The number of hydrogen-bond donors (Lipinski definition) is 1. The predicted octanol–water partition coefficient (Wildman–Crippen LogP) is 5.71. The SMILES string of the molecule is CC(C)(C)CCC(CNC(C)(C)C)Cc1ccc(Cl)cc1. The van der Waals surface area contributed by atoms with E-state index < -0.39 is 0 Å². The monoisotopic (exact) mass is 309 g/mol. The molecule has 0 aliphatic carbocycles. The minimum Gasteiger partial charge on any atom is -0.312 e. The van der Waals surface area contributed by atoms with Gasteiger partial charge in [0.05, 0.1) is 0 Å². The highest BCUT2D eigenvalue weighted by Gasteiger charge is 2.18. The second-order valence-electron chi connectivity index (χ2n) is 8.43. The van der Waals surface area contributed by atoms with Crippen molar-refractivity contribution in [2.75, 3.05) is 6.54 Å². The van der Waals surface area contributed by atoms with Crippen LogP contribution in [0.15, 0.2) is 24.3 Å².